The smallest absolute Gasteiger partial charge is 0.312 e. The average Bonchev–Trinajstić information content (AvgIpc) is 2.38. The van der Waals surface area contributed by atoms with E-state index < -0.39 is 4.92 Å². The lowest BCUT2D eigenvalue weighted by Gasteiger charge is -2.23. The first-order chi connectivity index (χ1) is 8.68. The van der Waals surface area contributed by atoms with Gasteiger partial charge in [-0.2, -0.15) is 0 Å². The highest BCUT2D eigenvalue weighted by atomic mass is 35.5. The monoisotopic (exact) mass is 270 g/mol. The van der Waals surface area contributed by atoms with Gasteiger partial charge < -0.3 is 10.1 Å². The van der Waals surface area contributed by atoms with Crippen molar-refractivity contribution in [3.05, 3.63) is 33.3 Å². The normalized spacial score (nSPS) is 19.5. The summed E-state index contributed by atoms with van der Waals surface area (Å²) in [5.74, 6) is 0.163. The second-order valence-electron chi connectivity index (χ2n) is 4.30. The molecule has 1 aromatic rings. The first-order valence-corrected chi connectivity index (χ1v) is 6.35. The summed E-state index contributed by atoms with van der Waals surface area (Å²) in [7, 11) is 0. The lowest BCUT2D eigenvalue weighted by atomic mass is 10.1. The van der Waals surface area contributed by atoms with Crippen LogP contribution < -0.4 is 10.1 Å². The second kappa shape index (κ2) is 6.02. The van der Waals surface area contributed by atoms with Crippen molar-refractivity contribution >= 4 is 17.3 Å². The Bertz CT molecular complexity index is 433. The van der Waals surface area contributed by atoms with Crippen molar-refractivity contribution in [1.82, 2.24) is 5.32 Å². The molecular weight excluding hydrogens is 256 g/mol. The van der Waals surface area contributed by atoms with Crippen LogP contribution in [0.25, 0.3) is 0 Å². The van der Waals surface area contributed by atoms with E-state index in [1.54, 1.807) is 12.1 Å². The summed E-state index contributed by atoms with van der Waals surface area (Å²) in [4.78, 5) is 10.4. The van der Waals surface area contributed by atoms with Crippen LogP contribution in [0.4, 0.5) is 5.69 Å². The minimum absolute atomic E-state index is 0.0849. The molecule has 1 aliphatic heterocycles. The fourth-order valence-electron chi connectivity index (χ4n) is 2.03. The van der Waals surface area contributed by atoms with Crippen LogP contribution in [0.2, 0.25) is 5.02 Å². The molecule has 6 heteroatoms. The zero-order valence-corrected chi connectivity index (χ0v) is 10.7. The Kier molecular flexibility index (Phi) is 4.38. The summed E-state index contributed by atoms with van der Waals surface area (Å²) in [6.45, 7) is 1.38. The number of nitrogens with zero attached hydrogens (tertiary/aromatic N) is 1. The molecule has 5 nitrogen and oxygen atoms in total. The van der Waals surface area contributed by atoms with Gasteiger partial charge in [-0.05, 0) is 25.5 Å². The fraction of sp³-hybridized carbons (Fsp3) is 0.500. The first-order valence-electron chi connectivity index (χ1n) is 5.97. The number of halogens is 1. The number of benzene rings is 1. The standard InChI is InChI=1S/C12H15ClN2O3/c13-10-5-3-6-11(15(16)17)12(10)18-8-9-4-1-2-7-14-9/h3,5-6,9,14H,1-2,4,7-8H2. The fourth-order valence-corrected chi connectivity index (χ4v) is 2.26. The molecule has 18 heavy (non-hydrogen) atoms. The molecule has 1 heterocycles. The van der Waals surface area contributed by atoms with Gasteiger partial charge in [-0.3, -0.25) is 10.1 Å². The molecule has 0 spiro atoms. The molecule has 1 unspecified atom stereocenters. The molecule has 0 saturated carbocycles. The third-order valence-electron chi connectivity index (χ3n) is 2.98. The average molecular weight is 271 g/mol. The summed E-state index contributed by atoms with van der Waals surface area (Å²) in [6.07, 6.45) is 3.35. The maximum Gasteiger partial charge on any atom is 0.312 e. The zero-order chi connectivity index (χ0) is 13.0. The lowest BCUT2D eigenvalue weighted by Crippen LogP contribution is -2.38. The van der Waals surface area contributed by atoms with E-state index in [0.717, 1.165) is 19.4 Å². The van der Waals surface area contributed by atoms with E-state index in [2.05, 4.69) is 5.32 Å². The second-order valence-corrected chi connectivity index (χ2v) is 4.71. The Balaban J connectivity index is 2.05. The van der Waals surface area contributed by atoms with Crippen LogP contribution >= 0.6 is 11.6 Å². The molecule has 0 radical (unpaired) electrons. The van der Waals surface area contributed by atoms with E-state index >= 15 is 0 Å². The Labute approximate surface area is 110 Å². The van der Waals surface area contributed by atoms with Gasteiger partial charge in [0.15, 0.2) is 0 Å². The van der Waals surface area contributed by atoms with Gasteiger partial charge in [0.2, 0.25) is 5.75 Å². The molecule has 0 bridgehead atoms. The number of para-hydroxylation sites is 1. The van der Waals surface area contributed by atoms with Gasteiger partial charge in [0.25, 0.3) is 0 Å². The molecule has 2 rings (SSSR count). The van der Waals surface area contributed by atoms with Gasteiger partial charge >= 0.3 is 5.69 Å². The zero-order valence-electron chi connectivity index (χ0n) is 9.89. The molecular formula is C12H15ClN2O3. The van der Waals surface area contributed by atoms with Crippen LogP contribution in [0.3, 0.4) is 0 Å². The van der Waals surface area contributed by atoms with E-state index in [1.807, 2.05) is 0 Å². The quantitative estimate of drug-likeness (QED) is 0.675. The molecule has 1 fully saturated rings. The molecule has 1 aliphatic rings. The molecule has 0 aliphatic carbocycles. The SMILES string of the molecule is O=[N+]([O-])c1cccc(Cl)c1OCC1CCCCN1. The number of rotatable bonds is 4. The van der Waals surface area contributed by atoms with Crippen LogP contribution in [0.5, 0.6) is 5.75 Å². The molecule has 98 valence electrons. The molecule has 0 amide bonds. The summed E-state index contributed by atoms with van der Waals surface area (Å²) < 4.78 is 5.53. The van der Waals surface area contributed by atoms with Gasteiger partial charge in [0.1, 0.15) is 6.61 Å². The van der Waals surface area contributed by atoms with Gasteiger partial charge in [-0.25, -0.2) is 0 Å². The van der Waals surface area contributed by atoms with Crippen molar-refractivity contribution in [3.63, 3.8) is 0 Å². The summed E-state index contributed by atoms with van der Waals surface area (Å²) >= 11 is 5.94. The number of nitro groups is 1. The lowest BCUT2D eigenvalue weighted by molar-refractivity contribution is -0.385. The number of piperidine rings is 1. The number of nitro benzene ring substituents is 1. The third kappa shape index (κ3) is 3.11. The summed E-state index contributed by atoms with van der Waals surface area (Å²) in [6, 6.07) is 4.79. The summed E-state index contributed by atoms with van der Waals surface area (Å²) in [5, 5.41) is 14.5. The largest absolute Gasteiger partial charge is 0.484 e. The van der Waals surface area contributed by atoms with Crippen molar-refractivity contribution < 1.29 is 9.66 Å². The van der Waals surface area contributed by atoms with Gasteiger partial charge in [-0.15, -0.1) is 0 Å². The van der Waals surface area contributed by atoms with Crippen LogP contribution in [0.15, 0.2) is 18.2 Å². The molecule has 1 atom stereocenters. The van der Waals surface area contributed by atoms with E-state index in [-0.39, 0.29) is 22.5 Å². The maximum absolute atomic E-state index is 10.9. The van der Waals surface area contributed by atoms with Crippen LogP contribution in [0, 0.1) is 10.1 Å². The Morgan fingerprint density at radius 2 is 2.33 bits per heavy atom. The molecule has 0 aromatic heterocycles. The summed E-state index contributed by atoms with van der Waals surface area (Å²) in [5.41, 5.74) is -0.0849. The third-order valence-corrected chi connectivity index (χ3v) is 3.28. The Morgan fingerprint density at radius 3 is 3.00 bits per heavy atom. The van der Waals surface area contributed by atoms with E-state index in [0.29, 0.717) is 6.61 Å². The van der Waals surface area contributed by atoms with Crippen LogP contribution in [-0.2, 0) is 0 Å². The first kappa shape index (κ1) is 13.1. The minimum atomic E-state index is -0.477. The molecule has 1 N–H and O–H groups in total. The number of hydrogen-bond donors (Lipinski definition) is 1. The van der Waals surface area contributed by atoms with E-state index in [1.165, 1.54) is 12.5 Å². The van der Waals surface area contributed by atoms with Crippen LogP contribution in [-0.4, -0.2) is 24.1 Å². The van der Waals surface area contributed by atoms with Gasteiger partial charge in [0, 0.05) is 12.1 Å². The Morgan fingerprint density at radius 1 is 1.50 bits per heavy atom. The predicted molar refractivity (Wildman–Crippen MR) is 69.2 cm³/mol. The highest BCUT2D eigenvalue weighted by Crippen LogP contribution is 2.34. The van der Waals surface area contributed by atoms with Crippen molar-refractivity contribution in [2.24, 2.45) is 0 Å². The predicted octanol–water partition coefficient (Wildman–Crippen LogP) is 2.77. The minimum Gasteiger partial charge on any atom is -0.484 e. The number of nitrogens with one attached hydrogen (secondary N) is 1. The Hall–Kier alpha value is -1.33. The van der Waals surface area contributed by atoms with Gasteiger partial charge in [0.05, 0.1) is 9.95 Å². The highest BCUT2D eigenvalue weighted by Gasteiger charge is 2.20. The highest BCUT2D eigenvalue weighted by molar-refractivity contribution is 6.32. The van der Waals surface area contributed by atoms with Crippen molar-refractivity contribution in [2.75, 3.05) is 13.2 Å². The van der Waals surface area contributed by atoms with Crippen molar-refractivity contribution in [3.8, 4) is 5.75 Å². The van der Waals surface area contributed by atoms with E-state index in [4.69, 9.17) is 16.3 Å². The maximum atomic E-state index is 10.9. The number of hydrogen-bond acceptors (Lipinski definition) is 4. The van der Waals surface area contributed by atoms with Crippen molar-refractivity contribution in [1.29, 1.82) is 0 Å². The van der Waals surface area contributed by atoms with E-state index in [9.17, 15) is 10.1 Å². The van der Waals surface area contributed by atoms with Crippen molar-refractivity contribution in [2.45, 2.75) is 25.3 Å². The molecule has 1 saturated heterocycles. The molecule has 1 aromatic carbocycles. The number of ether oxygens (including phenoxy) is 1. The topological polar surface area (TPSA) is 64.4 Å². The van der Waals surface area contributed by atoms with Gasteiger partial charge in [-0.1, -0.05) is 24.1 Å². The van der Waals surface area contributed by atoms with Crippen LogP contribution in [0.1, 0.15) is 19.3 Å².